The fourth-order valence-electron chi connectivity index (χ4n) is 3.17. The molecule has 0 radical (unpaired) electrons. The summed E-state index contributed by atoms with van der Waals surface area (Å²) in [5, 5.41) is 16.2. The number of amides is 1. The van der Waals surface area contributed by atoms with Crippen LogP contribution in [-0.2, 0) is 4.79 Å². The maximum Gasteiger partial charge on any atom is 0.305 e. The summed E-state index contributed by atoms with van der Waals surface area (Å²) in [5.41, 5.74) is 0.148. The highest BCUT2D eigenvalue weighted by Gasteiger charge is 2.38. The number of carbonyl (C=O) groups is 2. The molecule has 2 N–H and O–H groups in total. The Morgan fingerprint density at radius 2 is 1.88 bits per heavy atom. The van der Waals surface area contributed by atoms with Crippen molar-refractivity contribution in [2.45, 2.75) is 37.6 Å². The van der Waals surface area contributed by atoms with Crippen molar-refractivity contribution in [3.8, 4) is 5.69 Å². The quantitative estimate of drug-likeness (QED) is 0.882. The van der Waals surface area contributed by atoms with Crippen LogP contribution in [0.2, 0.25) is 0 Å². The molecule has 1 fully saturated rings. The summed E-state index contributed by atoms with van der Waals surface area (Å²) in [6, 6.07) is 7.32. The van der Waals surface area contributed by atoms with E-state index < -0.39 is 11.5 Å². The van der Waals surface area contributed by atoms with Crippen molar-refractivity contribution in [2.75, 3.05) is 0 Å². The Bertz CT molecular complexity index is 749. The standard InChI is InChI=1S/C17H18FN3O3/c18-12-3-5-13(6-4-12)21-10-7-14(20-21)16(24)19-17(11-15(22)23)8-1-2-9-17/h3-7,10H,1-2,8-9,11H2,(H,19,24)(H,22,23). The van der Waals surface area contributed by atoms with Crippen molar-refractivity contribution in [1.29, 1.82) is 0 Å². The van der Waals surface area contributed by atoms with Gasteiger partial charge < -0.3 is 10.4 Å². The van der Waals surface area contributed by atoms with E-state index in [1.807, 2.05) is 0 Å². The van der Waals surface area contributed by atoms with Crippen LogP contribution in [0, 0.1) is 5.82 Å². The zero-order valence-electron chi connectivity index (χ0n) is 13.0. The first-order valence-electron chi connectivity index (χ1n) is 7.83. The van der Waals surface area contributed by atoms with Gasteiger partial charge in [-0.3, -0.25) is 9.59 Å². The first-order valence-corrected chi connectivity index (χ1v) is 7.83. The fourth-order valence-corrected chi connectivity index (χ4v) is 3.17. The molecular formula is C17H18FN3O3. The number of nitrogens with zero attached hydrogens (tertiary/aromatic N) is 2. The largest absolute Gasteiger partial charge is 0.481 e. The number of benzene rings is 1. The number of hydrogen-bond acceptors (Lipinski definition) is 3. The van der Waals surface area contributed by atoms with Crippen molar-refractivity contribution >= 4 is 11.9 Å². The molecule has 24 heavy (non-hydrogen) atoms. The summed E-state index contributed by atoms with van der Waals surface area (Å²) in [4.78, 5) is 23.5. The summed E-state index contributed by atoms with van der Waals surface area (Å²) in [6.45, 7) is 0. The number of hydrogen-bond donors (Lipinski definition) is 2. The number of aromatic nitrogens is 2. The second-order valence-corrected chi connectivity index (χ2v) is 6.13. The average Bonchev–Trinajstić information content (AvgIpc) is 3.17. The van der Waals surface area contributed by atoms with E-state index in [1.54, 1.807) is 24.4 Å². The molecule has 3 rings (SSSR count). The predicted octanol–water partition coefficient (Wildman–Crippen LogP) is 2.53. The molecule has 126 valence electrons. The van der Waals surface area contributed by atoms with Gasteiger partial charge in [-0.25, -0.2) is 9.07 Å². The van der Waals surface area contributed by atoms with Crippen molar-refractivity contribution in [2.24, 2.45) is 0 Å². The first kappa shape index (κ1) is 16.2. The van der Waals surface area contributed by atoms with E-state index in [2.05, 4.69) is 10.4 Å². The Balaban J connectivity index is 1.75. The molecule has 1 aromatic carbocycles. The maximum atomic E-state index is 13.0. The molecule has 1 saturated carbocycles. The fraction of sp³-hybridized carbons (Fsp3) is 0.353. The van der Waals surface area contributed by atoms with E-state index in [0.29, 0.717) is 18.5 Å². The van der Waals surface area contributed by atoms with Crippen LogP contribution in [-0.4, -0.2) is 32.3 Å². The highest BCUT2D eigenvalue weighted by atomic mass is 19.1. The highest BCUT2D eigenvalue weighted by Crippen LogP contribution is 2.32. The second kappa shape index (κ2) is 6.43. The second-order valence-electron chi connectivity index (χ2n) is 6.13. The lowest BCUT2D eigenvalue weighted by Crippen LogP contribution is -2.48. The molecule has 2 aromatic rings. The summed E-state index contributed by atoms with van der Waals surface area (Å²) < 4.78 is 14.4. The van der Waals surface area contributed by atoms with E-state index in [4.69, 9.17) is 5.11 Å². The summed E-state index contributed by atoms with van der Waals surface area (Å²) in [6.07, 6.45) is 4.64. The Morgan fingerprint density at radius 1 is 1.21 bits per heavy atom. The Kier molecular flexibility index (Phi) is 4.33. The highest BCUT2D eigenvalue weighted by molar-refractivity contribution is 5.93. The van der Waals surface area contributed by atoms with Crippen LogP contribution in [0.4, 0.5) is 4.39 Å². The monoisotopic (exact) mass is 331 g/mol. The zero-order chi connectivity index (χ0) is 17.2. The SMILES string of the molecule is O=C(O)CC1(NC(=O)c2ccn(-c3ccc(F)cc3)n2)CCCC1. The van der Waals surface area contributed by atoms with Crippen LogP contribution in [0.5, 0.6) is 0 Å². The summed E-state index contributed by atoms with van der Waals surface area (Å²) in [5.74, 6) is -1.66. The number of rotatable bonds is 5. The third kappa shape index (κ3) is 3.45. The smallest absolute Gasteiger partial charge is 0.305 e. The van der Waals surface area contributed by atoms with Gasteiger partial charge in [0.2, 0.25) is 0 Å². The molecule has 1 aliphatic rings. The molecule has 1 aromatic heterocycles. The topological polar surface area (TPSA) is 84.2 Å². The van der Waals surface area contributed by atoms with Gasteiger partial charge >= 0.3 is 5.97 Å². The van der Waals surface area contributed by atoms with Gasteiger partial charge in [0.15, 0.2) is 5.69 Å². The van der Waals surface area contributed by atoms with Gasteiger partial charge in [0.25, 0.3) is 5.91 Å². The van der Waals surface area contributed by atoms with Crippen LogP contribution >= 0.6 is 0 Å². The molecular weight excluding hydrogens is 313 g/mol. The van der Waals surface area contributed by atoms with Gasteiger partial charge in [0, 0.05) is 6.20 Å². The van der Waals surface area contributed by atoms with E-state index >= 15 is 0 Å². The van der Waals surface area contributed by atoms with Crippen LogP contribution < -0.4 is 5.32 Å². The van der Waals surface area contributed by atoms with Gasteiger partial charge in [0.05, 0.1) is 17.6 Å². The average molecular weight is 331 g/mol. The van der Waals surface area contributed by atoms with Crippen molar-refractivity contribution in [1.82, 2.24) is 15.1 Å². The zero-order valence-corrected chi connectivity index (χ0v) is 13.0. The molecule has 7 heteroatoms. The van der Waals surface area contributed by atoms with Crippen molar-refractivity contribution < 1.29 is 19.1 Å². The normalized spacial score (nSPS) is 16.0. The Morgan fingerprint density at radius 3 is 2.50 bits per heavy atom. The summed E-state index contributed by atoms with van der Waals surface area (Å²) >= 11 is 0. The molecule has 0 saturated heterocycles. The maximum absolute atomic E-state index is 13.0. The van der Waals surface area contributed by atoms with Crippen LogP contribution in [0.1, 0.15) is 42.6 Å². The lowest BCUT2D eigenvalue weighted by Gasteiger charge is -2.28. The lowest BCUT2D eigenvalue weighted by atomic mass is 9.93. The van der Waals surface area contributed by atoms with E-state index in [9.17, 15) is 14.0 Å². The molecule has 0 spiro atoms. The van der Waals surface area contributed by atoms with E-state index in [1.165, 1.54) is 16.8 Å². The Hall–Kier alpha value is -2.70. The third-order valence-corrected chi connectivity index (χ3v) is 4.34. The third-order valence-electron chi connectivity index (χ3n) is 4.34. The van der Waals surface area contributed by atoms with Crippen LogP contribution in [0.25, 0.3) is 5.69 Å². The van der Waals surface area contributed by atoms with Gasteiger partial charge in [-0.15, -0.1) is 0 Å². The molecule has 0 atom stereocenters. The number of carboxylic acids is 1. The molecule has 1 heterocycles. The number of carbonyl (C=O) groups excluding carboxylic acids is 1. The number of halogens is 1. The minimum absolute atomic E-state index is 0.0859. The van der Waals surface area contributed by atoms with Crippen LogP contribution in [0.15, 0.2) is 36.5 Å². The number of aliphatic carboxylic acids is 1. The molecule has 0 unspecified atom stereocenters. The minimum Gasteiger partial charge on any atom is -0.481 e. The van der Waals surface area contributed by atoms with Crippen LogP contribution in [0.3, 0.4) is 0 Å². The molecule has 0 bridgehead atoms. The number of carboxylic acid groups (broad SMARTS) is 1. The van der Waals surface area contributed by atoms with E-state index in [-0.39, 0.29) is 23.8 Å². The first-order chi connectivity index (χ1) is 11.5. The molecule has 0 aliphatic heterocycles. The molecule has 1 amide bonds. The van der Waals surface area contributed by atoms with E-state index in [0.717, 1.165) is 12.8 Å². The van der Waals surface area contributed by atoms with Gasteiger partial charge in [-0.05, 0) is 43.2 Å². The summed E-state index contributed by atoms with van der Waals surface area (Å²) in [7, 11) is 0. The predicted molar refractivity (Wildman–Crippen MR) is 84.4 cm³/mol. The van der Waals surface area contributed by atoms with Gasteiger partial charge in [-0.2, -0.15) is 5.10 Å². The van der Waals surface area contributed by atoms with Gasteiger partial charge in [0.1, 0.15) is 5.82 Å². The Labute approximate surface area is 138 Å². The van der Waals surface area contributed by atoms with Crippen molar-refractivity contribution in [3.05, 3.63) is 48.0 Å². The van der Waals surface area contributed by atoms with Crippen molar-refractivity contribution in [3.63, 3.8) is 0 Å². The lowest BCUT2D eigenvalue weighted by molar-refractivity contribution is -0.138. The molecule has 6 nitrogen and oxygen atoms in total. The molecule has 1 aliphatic carbocycles. The number of nitrogens with one attached hydrogen (secondary N) is 1. The minimum atomic E-state index is -0.922. The van der Waals surface area contributed by atoms with Gasteiger partial charge in [-0.1, -0.05) is 12.8 Å².